The molecule has 0 amide bonds. The van der Waals surface area contributed by atoms with Crippen LogP contribution in [0.15, 0.2) is 33.8 Å². The summed E-state index contributed by atoms with van der Waals surface area (Å²) in [5, 5.41) is 0.343. The summed E-state index contributed by atoms with van der Waals surface area (Å²) < 4.78 is 27.9. The van der Waals surface area contributed by atoms with Crippen LogP contribution in [0.5, 0.6) is 0 Å². The number of nitrogens with two attached hydrogens (primary N) is 1. The molecule has 5 nitrogen and oxygen atoms in total. The Morgan fingerprint density at radius 3 is 2.62 bits per heavy atom. The lowest BCUT2D eigenvalue weighted by Gasteiger charge is -2.12. The van der Waals surface area contributed by atoms with E-state index < -0.39 is 10.0 Å². The van der Waals surface area contributed by atoms with E-state index in [0.29, 0.717) is 15.1 Å². The van der Waals surface area contributed by atoms with Gasteiger partial charge in [-0.2, -0.15) is 0 Å². The lowest BCUT2D eigenvalue weighted by Crippen LogP contribution is -2.15. The number of pyridine rings is 1. The maximum Gasteiger partial charge on any atom is 0.262 e. The zero-order valence-corrected chi connectivity index (χ0v) is 14.6. The molecule has 21 heavy (non-hydrogen) atoms. The van der Waals surface area contributed by atoms with Crippen LogP contribution in [0, 0.1) is 6.92 Å². The predicted molar refractivity (Wildman–Crippen MR) is 88.4 cm³/mol. The van der Waals surface area contributed by atoms with Crippen LogP contribution in [-0.2, 0) is 10.0 Å². The summed E-state index contributed by atoms with van der Waals surface area (Å²) >= 11 is 14.9. The number of nitrogens with zero attached hydrogens (tertiary/aromatic N) is 1. The van der Waals surface area contributed by atoms with Gasteiger partial charge in [-0.05, 0) is 46.6 Å². The van der Waals surface area contributed by atoms with Gasteiger partial charge in [0.05, 0.1) is 21.3 Å². The van der Waals surface area contributed by atoms with Crippen molar-refractivity contribution in [2.75, 3.05) is 10.5 Å². The van der Waals surface area contributed by atoms with Crippen molar-refractivity contribution in [1.29, 1.82) is 0 Å². The molecule has 0 aliphatic carbocycles. The number of aryl methyl sites for hydroxylation is 1. The summed E-state index contributed by atoms with van der Waals surface area (Å²) in [6, 6.07) is 4.31. The number of hydrogen-bond acceptors (Lipinski definition) is 4. The second-order valence-corrected chi connectivity index (χ2v) is 7.57. The number of halogens is 3. The molecular formula is C12H10BrCl2N3O2S. The summed E-state index contributed by atoms with van der Waals surface area (Å²) in [5.74, 6) is 0. The van der Waals surface area contributed by atoms with Crippen molar-refractivity contribution in [3.8, 4) is 0 Å². The van der Waals surface area contributed by atoms with Crippen LogP contribution in [0.1, 0.15) is 5.56 Å². The number of sulfonamides is 1. The Balaban J connectivity index is 2.48. The van der Waals surface area contributed by atoms with Gasteiger partial charge in [-0.15, -0.1) is 0 Å². The molecule has 1 aromatic carbocycles. The Kier molecular flexibility index (Phi) is 4.67. The number of nitrogens with one attached hydrogen (secondary N) is 1. The Hall–Kier alpha value is -1.02. The molecule has 3 N–H and O–H groups in total. The highest BCUT2D eigenvalue weighted by atomic mass is 79.9. The fourth-order valence-corrected chi connectivity index (χ4v) is 3.73. The van der Waals surface area contributed by atoms with Crippen LogP contribution in [0.2, 0.25) is 10.2 Å². The Morgan fingerprint density at radius 1 is 1.29 bits per heavy atom. The largest absolute Gasteiger partial charge is 0.397 e. The molecule has 2 rings (SSSR count). The van der Waals surface area contributed by atoms with E-state index in [1.807, 2.05) is 0 Å². The van der Waals surface area contributed by atoms with Gasteiger partial charge in [-0.25, -0.2) is 13.4 Å². The van der Waals surface area contributed by atoms with Crippen LogP contribution in [0.25, 0.3) is 0 Å². The highest BCUT2D eigenvalue weighted by molar-refractivity contribution is 9.10. The van der Waals surface area contributed by atoms with Crippen LogP contribution < -0.4 is 10.5 Å². The SMILES string of the molecule is Cc1cc(Cl)c(N)cc1S(=O)(=O)Nc1cc(Br)cnc1Cl. The molecule has 0 unspecified atom stereocenters. The van der Waals surface area contributed by atoms with Crippen molar-refractivity contribution in [2.24, 2.45) is 0 Å². The van der Waals surface area contributed by atoms with Gasteiger partial charge >= 0.3 is 0 Å². The molecule has 112 valence electrons. The van der Waals surface area contributed by atoms with E-state index in [4.69, 9.17) is 28.9 Å². The molecule has 0 saturated carbocycles. The average Bonchev–Trinajstić information content (AvgIpc) is 2.37. The maximum atomic E-state index is 12.4. The van der Waals surface area contributed by atoms with Crippen molar-refractivity contribution in [2.45, 2.75) is 11.8 Å². The second-order valence-electron chi connectivity index (χ2n) is 4.24. The van der Waals surface area contributed by atoms with Crippen molar-refractivity contribution in [3.63, 3.8) is 0 Å². The minimum Gasteiger partial charge on any atom is -0.397 e. The summed E-state index contributed by atoms with van der Waals surface area (Å²) in [4.78, 5) is 3.88. The molecule has 0 aliphatic heterocycles. The number of aromatic nitrogens is 1. The van der Waals surface area contributed by atoms with Gasteiger partial charge < -0.3 is 5.73 Å². The molecule has 0 radical (unpaired) electrons. The van der Waals surface area contributed by atoms with Gasteiger partial charge in [-0.3, -0.25) is 4.72 Å². The first-order valence-electron chi connectivity index (χ1n) is 5.60. The zero-order chi connectivity index (χ0) is 15.8. The fraction of sp³-hybridized carbons (Fsp3) is 0.0833. The molecule has 1 aromatic heterocycles. The first-order chi connectivity index (χ1) is 9.70. The molecule has 0 spiro atoms. The second kappa shape index (κ2) is 6.00. The third-order valence-electron chi connectivity index (χ3n) is 2.63. The van der Waals surface area contributed by atoms with E-state index in [-0.39, 0.29) is 21.4 Å². The summed E-state index contributed by atoms with van der Waals surface area (Å²) in [6.07, 6.45) is 1.46. The highest BCUT2D eigenvalue weighted by Crippen LogP contribution is 2.30. The van der Waals surface area contributed by atoms with Crippen molar-refractivity contribution < 1.29 is 8.42 Å². The zero-order valence-electron chi connectivity index (χ0n) is 10.7. The quantitative estimate of drug-likeness (QED) is 0.594. The van der Waals surface area contributed by atoms with Gasteiger partial charge in [-0.1, -0.05) is 23.2 Å². The molecule has 0 fully saturated rings. The Labute approximate surface area is 140 Å². The molecule has 0 aliphatic rings. The van der Waals surface area contributed by atoms with Gasteiger partial charge in [0, 0.05) is 10.7 Å². The molecule has 0 atom stereocenters. The third-order valence-corrected chi connectivity index (χ3v) is 5.20. The van der Waals surface area contributed by atoms with Crippen molar-refractivity contribution >= 4 is 60.5 Å². The van der Waals surface area contributed by atoms with E-state index in [1.165, 1.54) is 24.4 Å². The smallest absolute Gasteiger partial charge is 0.262 e. The molecule has 0 bridgehead atoms. The molecular weight excluding hydrogens is 401 g/mol. The highest BCUT2D eigenvalue weighted by Gasteiger charge is 2.20. The summed E-state index contributed by atoms with van der Waals surface area (Å²) in [6.45, 7) is 1.63. The number of nitrogen functional groups attached to an aromatic ring is 1. The number of anilines is 2. The normalized spacial score (nSPS) is 11.4. The van der Waals surface area contributed by atoms with E-state index in [0.717, 1.165) is 0 Å². The first-order valence-corrected chi connectivity index (χ1v) is 8.63. The molecule has 0 saturated heterocycles. The number of benzene rings is 1. The van der Waals surface area contributed by atoms with Gasteiger partial charge in [0.25, 0.3) is 10.0 Å². The summed E-state index contributed by atoms with van der Waals surface area (Å²) in [7, 11) is -3.86. The molecule has 9 heteroatoms. The fourth-order valence-electron chi connectivity index (χ4n) is 1.65. The first kappa shape index (κ1) is 16.4. The van der Waals surface area contributed by atoms with Crippen molar-refractivity contribution in [3.05, 3.63) is 44.6 Å². The van der Waals surface area contributed by atoms with Crippen LogP contribution in [0.4, 0.5) is 11.4 Å². The van der Waals surface area contributed by atoms with Gasteiger partial charge in [0.1, 0.15) is 0 Å². The lowest BCUT2D eigenvalue weighted by molar-refractivity contribution is 0.600. The molecule has 2 aromatic rings. The minimum atomic E-state index is -3.86. The Bertz CT molecular complexity index is 812. The van der Waals surface area contributed by atoms with E-state index >= 15 is 0 Å². The number of rotatable bonds is 3. The average molecular weight is 411 g/mol. The maximum absolute atomic E-state index is 12.4. The van der Waals surface area contributed by atoms with E-state index in [9.17, 15) is 8.42 Å². The van der Waals surface area contributed by atoms with Gasteiger partial charge in [0.2, 0.25) is 0 Å². The predicted octanol–water partition coefficient (Wildman–Crippen LogP) is 3.84. The topological polar surface area (TPSA) is 85.1 Å². The lowest BCUT2D eigenvalue weighted by atomic mass is 10.2. The van der Waals surface area contributed by atoms with Crippen LogP contribution in [0.3, 0.4) is 0 Å². The van der Waals surface area contributed by atoms with E-state index in [1.54, 1.807) is 6.92 Å². The van der Waals surface area contributed by atoms with Crippen LogP contribution >= 0.6 is 39.1 Å². The minimum absolute atomic E-state index is 0.0282. The van der Waals surface area contributed by atoms with Crippen LogP contribution in [-0.4, -0.2) is 13.4 Å². The van der Waals surface area contributed by atoms with Gasteiger partial charge in [0.15, 0.2) is 5.15 Å². The molecule has 1 heterocycles. The summed E-state index contributed by atoms with van der Waals surface area (Å²) in [5.41, 5.74) is 6.48. The Morgan fingerprint density at radius 2 is 1.95 bits per heavy atom. The third kappa shape index (κ3) is 3.60. The standard InChI is InChI=1S/C12H10BrCl2N3O2S/c1-6-2-8(14)9(16)4-11(6)21(19,20)18-10-3-7(13)5-17-12(10)15/h2-5,18H,16H2,1H3. The monoisotopic (exact) mass is 409 g/mol. The van der Waals surface area contributed by atoms with E-state index in [2.05, 4.69) is 25.6 Å². The van der Waals surface area contributed by atoms with Crippen molar-refractivity contribution in [1.82, 2.24) is 4.98 Å². The number of hydrogen-bond donors (Lipinski definition) is 2.